The van der Waals surface area contributed by atoms with Gasteiger partial charge in [0.1, 0.15) is 0 Å². The van der Waals surface area contributed by atoms with Crippen molar-refractivity contribution in [3.8, 4) is 0 Å². The van der Waals surface area contributed by atoms with Crippen LogP contribution < -0.4 is 5.73 Å². The van der Waals surface area contributed by atoms with Crippen molar-refractivity contribution in [2.75, 3.05) is 0 Å². The normalized spacial score (nSPS) is 11.1. The molecule has 0 spiro atoms. The SMILES string of the molecule is CCCCCc1cccc(S(=O)(=O)OC(N)=O)c1[N+](=O)[O-]. The maximum atomic E-state index is 11.8. The zero-order valence-corrected chi connectivity index (χ0v) is 12.3. The molecule has 0 aliphatic heterocycles. The van der Waals surface area contributed by atoms with Crippen molar-refractivity contribution in [1.29, 1.82) is 0 Å². The highest BCUT2D eigenvalue weighted by Crippen LogP contribution is 2.30. The summed E-state index contributed by atoms with van der Waals surface area (Å²) in [4.78, 5) is 20.3. The summed E-state index contributed by atoms with van der Waals surface area (Å²) in [7, 11) is -4.60. The van der Waals surface area contributed by atoms with Gasteiger partial charge in [-0.05, 0) is 18.9 Å². The smallest absolute Gasteiger partial charge is 0.334 e. The molecule has 116 valence electrons. The van der Waals surface area contributed by atoms with E-state index in [1.807, 2.05) is 6.92 Å². The lowest BCUT2D eigenvalue weighted by Gasteiger charge is -2.08. The quantitative estimate of drug-likeness (QED) is 0.355. The molecule has 0 aromatic heterocycles. The highest BCUT2D eigenvalue weighted by atomic mass is 32.2. The first-order valence-electron chi connectivity index (χ1n) is 6.29. The summed E-state index contributed by atoms with van der Waals surface area (Å²) in [6.45, 7) is 1.98. The minimum absolute atomic E-state index is 0.280. The number of carbonyl (C=O) groups is 1. The average molecular weight is 316 g/mol. The molecule has 0 heterocycles. The third-order valence-corrected chi connectivity index (χ3v) is 4.03. The number of carbonyl (C=O) groups excluding carboxylic acids is 1. The Morgan fingerprint density at radius 1 is 1.38 bits per heavy atom. The van der Waals surface area contributed by atoms with E-state index in [4.69, 9.17) is 0 Å². The van der Waals surface area contributed by atoms with Crippen molar-refractivity contribution in [3.05, 3.63) is 33.9 Å². The fourth-order valence-electron chi connectivity index (χ4n) is 1.90. The molecule has 0 saturated heterocycles. The van der Waals surface area contributed by atoms with Gasteiger partial charge in [0, 0.05) is 5.56 Å². The van der Waals surface area contributed by atoms with Gasteiger partial charge in [0.05, 0.1) is 4.92 Å². The summed E-state index contributed by atoms with van der Waals surface area (Å²) in [6, 6.07) is 3.86. The minimum atomic E-state index is -4.60. The lowest BCUT2D eigenvalue weighted by Crippen LogP contribution is -2.20. The van der Waals surface area contributed by atoms with Gasteiger partial charge in [-0.25, -0.2) is 4.79 Å². The Morgan fingerprint density at radius 3 is 2.57 bits per heavy atom. The highest BCUT2D eigenvalue weighted by Gasteiger charge is 2.31. The molecule has 0 radical (unpaired) electrons. The Hall–Kier alpha value is -2.16. The van der Waals surface area contributed by atoms with Crippen molar-refractivity contribution < 1.29 is 22.3 Å². The van der Waals surface area contributed by atoms with Gasteiger partial charge in [-0.3, -0.25) is 10.1 Å². The topological polar surface area (TPSA) is 130 Å². The number of para-hydroxylation sites is 1. The fourth-order valence-corrected chi connectivity index (χ4v) is 2.89. The van der Waals surface area contributed by atoms with Crippen molar-refractivity contribution in [2.24, 2.45) is 5.73 Å². The van der Waals surface area contributed by atoms with E-state index in [1.165, 1.54) is 12.1 Å². The number of nitro benzene ring substituents is 1. The van der Waals surface area contributed by atoms with Gasteiger partial charge >= 0.3 is 16.2 Å². The molecular weight excluding hydrogens is 300 g/mol. The third-order valence-electron chi connectivity index (χ3n) is 2.78. The largest absolute Gasteiger partial charge is 0.420 e. The molecular formula is C12H16N2O6S. The van der Waals surface area contributed by atoms with Crippen molar-refractivity contribution in [2.45, 2.75) is 37.5 Å². The molecule has 0 aliphatic carbocycles. The zero-order chi connectivity index (χ0) is 16.0. The predicted octanol–water partition coefficient (Wildman–Crippen LogP) is 2.11. The number of primary amides is 1. The van der Waals surface area contributed by atoms with E-state index in [0.29, 0.717) is 12.8 Å². The molecule has 0 atom stereocenters. The van der Waals surface area contributed by atoms with Crippen LogP contribution in [-0.4, -0.2) is 19.4 Å². The Labute approximate surface area is 122 Å². The minimum Gasteiger partial charge on any atom is -0.334 e. The van der Waals surface area contributed by atoms with E-state index in [0.717, 1.165) is 18.9 Å². The maximum absolute atomic E-state index is 11.8. The number of nitro groups is 1. The van der Waals surface area contributed by atoms with E-state index in [1.54, 1.807) is 0 Å². The van der Waals surface area contributed by atoms with Gasteiger partial charge < -0.3 is 9.92 Å². The number of amides is 1. The molecule has 1 aromatic carbocycles. The Morgan fingerprint density at radius 2 is 2.05 bits per heavy atom. The molecule has 0 bridgehead atoms. The first kappa shape index (κ1) is 16.9. The summed E-state index contributed by atoms with van der Waals surface area (Å²) in [5.41, 5.74) is 4.37. The number of hydrogen-bond donors (Lipinski definition) is 1. The summed E-state index contributed by atoms with van der Waals surface area (Å²) >= 11 is 0. The summed E-state index contributed by atoms with van der Waals surface area (Å²) < 4.78 is 27.6. The standard InChI is InChI=1S/C12H16N2O6S/c1-2-3-4-6-9-7-5-8-10(11(9)14(16)17)21(18,19)20-12(13)15/h5,7-8H,2-4,6H2,1H3,(H2,13,15). The van der Waals surface area contributed by atoms with Crippen LogP contribution in [0.5, 0.6) is 0 Å². The second-order valence-corrected chi connectivity index (χ2v) is 5.85. The predicted molar refractivity (Wildman–Crippen MR) is 74.2 cm³/mol. The van der Waals surface area contributed by atoms with Gasteiger partial charge in [0.15, 0.2) is 4.90 Å². The molecule has 2 N–H and O–H groups in total. The Kier molecular flexibility index (Phi) is 5.65. The van der Waals surface area contributed by atoms with Gasteiger partial charge in [-0.15, -0.1) is 0 Å². The maximum Gasteiger partial charge on any atom is 0.420 e. The number of benzene rings is 1. The number of hydrogen-bond acceptors (Lipinski definition) is 6. The molecule has 1 amide bonds. The molecule has 0 unspecified atom stereocenters. The summed E-state index contributed by atoms with van der Waals surface area (Å²) in [5, 5.41) is 11.2. The first-order chi connectivity index (χ1) is 9.79. The van der Waals surface area contributed by atoms with E-state index < -0.39 is 31.7 Å². The van der Waals surface area contributed by atoms with E-state index in [2.05, 4.69) is 9.92 Å². The number of aryl methyl sites for hydroxylation is 1. The third kappa shape index (κ3) is 4.42. The van der Waals surface area contributed by atoms with Crippen molar-refractivity contribution in [3.63, 3.8) is 0 Å². The first-order valence-corrected chi connectivity index (χ1v) is 7.70. The van der Waals surface area contributed by atoms with Gasteiger partial charge in [-0.1, -0.05) is 31.9 Å². The number of nitrogens with two attached hydrogens (primary N) is 1. The highest BCUT2D eigenvalue weighted by molar-refractivity contribution is 7.87. The van der Waals surface area contributed by atoms with Crippen LogP contribution in [0.25, 0.3) is 0 Å². The van der Waals surface area contributed by atoms with Crippen LogP contribution in [0.3, 0.4) is 0 Å². The number of rotatable bonds is 7. The van der Waals surface area contributed by atoms with Crippen LogP contribution in [0.1, 0.15) is 31.7 Å². The average Bonchev–Trinajstić information content (AvgIpc) is 2.37. The molecule has 8 nitrogen and oxygen atoms in total. The molecule has 0 fully saturated rings. The summed E-state index contributed by atoms with van der Waals surface area (Å²) in [5.74, 6) is 0. The second kappa shape index (κ2) is 7.02. The molecule has 0 aliphatic rings. The van der Waals surface area contributed by atoms with Crippen LogP contribution in [0.2, 0.25) is 0 Å². The van der Waals surface area contributed by atoms with E-state index >= 15 is 0 Å². The number of nitrogens with zero attached hydrogens (tertiary/aromatic N) is 1. The van der Waals surface area contributed by atoms with Crippen LogP contribution >= 0.6 is 0 Å². The zero-order valence-electron chi connectivity index (χ0n) is 11.4. The van der Waals surface area contributed by atoms with Gasteiger partial charge in [-0.2, -0.15) is 8.42 Å². The molecule has 21 heavy (non-hydrogen) atoms. The fraction of sp³-hybridized carbons (Fsp3) is 0.417. The van der Waals surface area contributed by atoms with Gasteiger partial charge in [0.25, 0.3) is 5.69 Å². The summed E-state index contributed by atoms with van der Waals surface area (Å²) in [6.07, 6.45) is 1.31. The second-order valence-electron chi connectivity index (χ2n) is 4.33. The molecule has 0 saturated carbocycles. The van der Waals surface area contributed by atoms with Crippen LogP contribution in [0.15, 0.2) is 23.1 Å². The van der Waals surface area contributed by atoms with Crippen molar-refractivity contribution >= 4 is 21.9 Å². The van der Waals surface area contributed by atoms with E-state index in [9.17, 15) is 23.3 Å². The monoisotopic (exact) mass is 316 g/mol. The van der Waals surface area contributed by atoms with Crippen LogP contribution in [0, 0.1) is 10.1 Å². The lowest BCUT2D eigenvalue weighted by molar-refractivity contribution is -0.388. The molecule has 9 heteroatoms. The van der Waals surface area contributed by atoms with E-state index in [-0.39, 0.29) is 5.56 Å². The van der Waals surface area contributed by atoms with Crippen LogP contribution in [-0.2, 0) is 20.7 Å². The molecule has 1 rings (SSSR count). The number of unbranched alkanes of at least 4 members (excludes halogenated alkanes) is 2. The Bertz CT molecular complexity index is 641. The Balaban J connectivity index is 3.30. The lowest BCUT2D eigenvalue weighted by atomic mass is 10.1. The van der Waals surface area contributed by atoms with Crippen molar-refractivity contribution in [1.82, 2.24) is 0 Å². The van der Waals surface area contributed by atoms with Crippen LogP contribution in [0.4, 0.5) is 10.5 Å². The van der Waals surface area contributed by atoms with Gasteiger partial charge in [0.2, 0.25) is 0 Å². The molecule has 1 aromatic rings.